The highest BCUT2D eigenvalue weighted by Gasteiger charge is 2.53. The lowest BCUT2D eigenvalue weighted by molar-refractivity contribution is -0.128. The zero-order valence-corrected chi connectivity index (χ0v) is 16.1. The molecule has 25 heavy (non-hydrogen) atoms. The summed E-state index contributed by atoms with van der Waals surface area (Å²) < 4.78 is 6.15. The summed E-state index contributed by atoms with van der Waals surface area (Å²) in [4.78, 5) is 28.4. The van der Waals surface area contributed by atoms with Gasteiger partial charge in [-0.15, -0.1) is 11.3 Å². The van der Waals surface area contributed by atoms with Crippen LogP contribution in [-0.4, -0.2) is 41.6 Å². The van der Waals surface area contributed by atoms with E-state index in [9.17, 15) is 9.59 Å². The van der Waals surface area contributed by atoms with Gasteiger partial charge in [0, 0.05) is 6.54 Å². The molecule has 0 bridgehead atoms. The molecule has 1 aliphatic heterocycles. The van der Waals surface area contributed by atoms with E-state index in [1.54, 1.807) is 4.90 Å². The highest BCUT2D eigenvalue weighted by molar-refractivity contribution is 7.12. The lowest BCUT2D eigenvalue weighted by atomic mass is 9.83. The number of thiophene rings is 1. The molecule has 1 aromatic rings. The highest BCUT2D eigenvalue weighted by atomic mass is 32.1. The molecule has 3 rings (SSSR count). The summed E-state index contributed by atoms with van der Waals surface area (Å²) in [5.41, 5.74) is -0.618. The Morgan fingerprint density at radius 1 is 1.40 bits per heavy atom. The maximum absolute atomic E-state index is 13.2. The quantitative estimate of drug-likeness (QED) is 0.892. The molecule has 1 aromatic heterocycles. The van der Waals surface area contributed by atoms with E-state index >= 15 is 0 Å². The second-order valence-corrected chi connectivity index (χ2v) is 8.69. The third kappa shape index (κ3) is 3.75. The van der Waals surface area contributed by atoms with Gasteiger partial charge < -0.3 is 10.1 Å². The van der Waals surface area contributed by atoms with Gasteiger partial charge in [-0.3, -0.25) is 14.5 Å². The Morgan fingerprint density at radius 2 is 2.12 bits per heavy atom. The molecular formula is C19H28N2O3S. The predicted molar refractivity (Wildman–Crippen MR) is 98.4 cm³/mol. The number of rotatable bonds is 4. The van der Waals surface area contributed by atoms with Crippen LogP contribution in [0.4, 0.5) is 0 Å². The van der Waals surface area contributed by atoms with Crippen LogP contribution in [0.5, 0.6) is 0 Å². The molecule has 1 aliphatic carbocycles. The molecule has 1 spiro atoms. The number of nitrogens with zero attached hydrogens (tertiary/aromatic N) is 1. The van der Waals surface area contributed by atoms with Gasteiger partial charge in [-0.2, -0.15) is 0 Å². The van der Waals surface area contributed by atoms with Gasteiger partial charge in [-0.1, -0.05) is 26.8 Å². The normalized spacial score (nSPS) is 29.4. The minimum atomic E-state index is -0.618. The Labute approximate surface area is 153 Å². The lowest BCUT2D eigenvalue weighted by Crippen LogP contribution is -2.56. The molecule has 0 radical (unpaired) electrons. The van der Waals surface area contributed by atoms with Crippen molar-refractivity contribution >= 4 is 23.2 Å². The number of ether oxygens (including phenoxy) is 1. The Hall–Kier alpha value is -1.40. The standard InChI is InChI=1S/C19H28N2O3S/c1-13(2)11-20-17(22)15-12-24-19(8-6-14(3)7-9-19)21(15)18(23)16-5-4-10-25-16/h4-5,10,13-15H,6-9,11-12H2,1-3H3,(H,20,22)/t14?,15-,19?/m0/s1. The predicted octanol–water partition coefficient (Wildman–Crippen LogP) is 3.27. The van der Waals surface area contributed by atoms with Gasteiger partial charge in [0.15, 0.2) is 0 Å². The molecule has 0 aromatic carbocycles. The zero-order chi connectivity index (χ0) is 18.0. The number of carbonyl (C=O) groups is 2. The molecule has 1 saturated heterocycles. The van der Waals surface area contributed by atoms with Crippen molar-refractivity contribution in [2.24, 2.45) is 11.8 Å². The number of hydrogen-bond donors (Lipinski definition) is 1. The van der Waals surface area contributed by atoms with Gasteiger partial charge >= 0.3 is 0 Å². The average Bonchev–Trinajstić information content (AvgIpc) is 3.23. The summed E-state index contributed by atoms with van der Waals surface area (Å²) in [5, 5.41) is 4.87. The Kier molecular flexibility index (Phi) is 5.49. The van der Waals surface area contributed by atoms with Crippen molar-refractivity contribution in [2.45, 2.75) is 58.2 Å². The van der Waals surface area contributed by atoms with Crippen LogP contribution in [0.2, 0.25) is 0 Å². The van der Waals surface area contributed by atoms with Crippen LogP contribution in [0.3, 0.4) is 0 Å². The number of carbonyl (C=O) groups excluding carboxylic acids is 2. The Balaban J connectivity index is 1.85. The lowest BCUT2D eigenvalue weighted by Gasteiger charge is -2.42. The molecule has 0 unspecified atom stereocenters. The molecule has 2 heterocycles. The summed E-state index contributed by atoms with van der Waals surface area (Å²) in [6.07, 6.45) is 3.65. The van der Waals surface area contributed by atoms with Crippen LogP contribution in [0.25, 0.3) is 0 Å². The van der Waals surface area contributed by atoms with Crippen LogP contribution in [0.15, 0.2) is 17.5 Å². The largest absolute Gasteiger partial charge is 0.354 e. The van der Waals surface area contributed by atoms with E-state index in [0.29, 0.717) is 23.3 Å². The van der Waals surface area contributed by atoms with Crippen LogP contribution in [-0.2, 0) is 9.53 Å². The smallest absolute Gasteiger partial charge is 0.266 e. The van der Waals surface area contributed by atoms with Crippen molar-refractivity contribution in [3.63, 3.8) is 0 Å². The van der Waals surface area contributed by atoms with Gasteiger partial charge in [-0.25, -0.2) is 0 Å². The maximum atomic E-state index is 13.2. The van der Waals surface area contributed by atoms with E-state index in [1.165, 1.54) is 11.3 Å². The van der Waals surface area contributed by atoms with Crippen LogP contribution in [0.1, 0.15) is 56.1 Å². The van der Waals surface area contributed by atoms with Crippen molar-refractivity contribution in [2.75, 3.05) is 13.2 Å². The molecule has 138 valence electrons. The third-order valence-electron chi connectivity index (χ3n) is 5.25. The van der Waals surface area contributed by atoms with Crippen molar-refractivity contribution in [1.82, 2.24) is 10.2 Å². The molecular weight excluding hydrogens is 336 g/mol. The van der Waals surface area contributed by atoms with Crippen molar-refractivity contribution < 1.29 is 14.3 Å². The minimum absolute atomic E-state index is 0.0771. The summed E-state index contributed by atoms with van der Waals surface area (Å²) in [6, 6.07) is 3.16. The van der Waals surface area contributed by atoms with Crippen LogP contribution in [0, 0.1) is 11.8 Å². The van der Waals surface area contributed by atoms with Gasteiger partial charge in [0.05, 0.1) is 11.5 Å². The second kappa shape index (κ2) is 7.46. The summed E-state index contributed by atoms with van der Waals surface area (Å²) in [7, 11) is 0. The van der Waals surface area contributed by atoms with Crippen molar-refractivity contribution in [3.05, 3.63) is 22.4 Å². The molecule has 6 heteroatoms. The molecule has 2 fully saturated rings. The van der Waals surface area contributed by atoms with Crippen molar-refractivity contribution in [1.29, 1.82) is 0 Å². The fraction of sp³-hybridized carbons (Fsp3) is 0.684. The topological polar surface area (TPSA) is 58.6 Å². The monoisotopic (exact) mass is 364 g/mol. The molecule has 1 N–H and O–H groups in total. The van der Waals surface area contributed by atoms with E-state index in [1.807, 2.05) is 17.5 Å². The maximum Gasteiger partial charge on any atom is 0.266 e. The second-order valence-electron chi connectivity index (χ2n) is 7.75. The molecule has 2 amide bonds. The average molecular weight is 365 g/mol. The number of nitrogens with one attached hydrogen (secondary N) is 1. The molecule has 5 nitrogen and oxygen atoms in total. The fourth-order valence-corrected chi connectivity index (χ4v) is 4.38. The van der Waals surface area contributed by atoms with Crippen LogP contribution >= 0.6 is 11.3 Å². The third-order valence-corrected chi connectivity index (χ3v) is 6.11. The van der Waals surface area contributed by atoms with E-state index < -0.39 is 11.8 Å². The van der Waals surface area contributed by atoms with E-state index in [4.69, 9.17) is 4.74 Å². The minimum Gasteiger partial charge on any atom is -0.354 e. The molecule has 1 saturated carbocycles. The first-order chi connectivity index (χ1) is 11.9. The van der Waals surface area contributed by atoms with Crippen molar-refractivity contribution in [3.8, 4) is 0 Å². The molecule has 1 atom stereocenters. The SMILES string of the molecule is CC(C)CNC(=O)[C@@H]1COC2(CCC(C)CC2)N1C(=O)c1cccs1. The van der Waals surface area contributed by atoms with E-state index in [0.717, 1.165) is 25.7 Å². The highest BCUT2D eigenvalue weighted by Crippen LogP contribution is 2.43. The fourth-order valence-electron chi connectivity index (χ4n) is 3.72. The van der Waals surface area contributed by atoms with Gasteiger partial charge in [0.2, 0.25) is 5.91 Å². The van der Waals surface area contributed by atoms with Gasteiger partial charge in [0.25, 0.3) is 5.91 Å². The Bertz CT molecular complexity index is 606. The number of hydrogen-bond acceptors (Lipinski definition) is 4. The summed E-state index contributed by atoms with van der Waals surface area (Å²) in [6.45, 7) is 7.25. The zero-order valence-electron chi connectivity index (χ0n) is 15.3. The van der Waals surface area contributed by atoms with Gasteiger partial charge in [0.1, 0.15) is 11.8 Å². The molecule has 2 aliphatic rings. The van der Waals surface area contributed by atoms with Gasteiger partial charge in [-0.05, 0) is 49.0 Å². The van der Waals surface area contributed by atoms with E-state index in [-0.39, 0.29) is 18.4 Å². The number of amides is 2. The first-order valence-corrected chi connectivity index (χ1v) is 10.1. The first-order valence-electron chi connectivity index (χ1n) is 9.22. The van der Waals surface area contributed by atoms with Crippen LogP contribution < -0.4 is 5.32 Å². The summed E-state index contributed by atoms with van der Waals surface area (Å²) in [5.74, 6) is 0.833. The first kappa shape index (κ1) is 18.4. The summed E-state index contributed by atoms with van der Waals surface area (Å²) >= 11 is 1.42. The Morgan fingerprint density at radius 3 is 2.72 bits per heavy atom. The van der Waals surface area contributed by atoms with E-state index in [2.05, 4.69) is 26.1 Å².